The summed E-state index contributed by atoms with van der Waals surface area (Å²) in [5.41, 5.74) is 1.64. The van der Waals surface area contributed by atoms with Gasteiger partial charge >= 0.3 is 6.03 Å². The molecule has 2 rings (SSSR count). The van der Waals surface area contributed by atoms with Gasteiger partial charge in [-0.15, -0.1) is 11.3 Å². The zero-order valence-electron chi connectivity index (χ0n) is 13.4. The van der Waals surface area contributed by atoms with Crippen LogP contribution in [0.15, 0.2) is 41.8 Å². The van der Waals surface area contributed by atoms with Crippen LogP contribution in [0.2, 0.25) is 0 Å². The quantitative estimate of drug-likeness (QED) is 0.779. The molecular formula is C17H21N3O2S. The van der Waals surface area contributed by atoms with Crippen LogP contribution < -0.4 is 16.0 Å². The molecule has 122 valence electrons. The summed E-state index contributed by atoms with van der Waals surface area (Å²) in [7, 11) is 0. The van der Waals surface area contributed by atoms with Crippen molar-refractivity contribution in [3.8, 4) is 0 Å². The summed E-state index contributed by atoms with van der Waals surface area (Å²) >= 11 is 1.61. The molecule has 1 heterocycles. The molecule has 2 aromatic rings. The van der Waals surface area contributed by atoms with Crippen LogP contribution in [0, 0.1) is 0 Å². The highest BCUT2D eigenvalue weighted by molar-refractivity contribution is 7.10. The van der Waals surface area contributed by atoms with Gasteiger partial charge in [-0.3, -0.25) is 4.79 Å². The summed E-state index contributed by atoms with van der Waals surface area (Å²) < 4.78 is 0. The van der Waals surface area contributed by atoms with Crippen molar-refractivity contribution in [2.75, 3.05) is 5.32 Å². The number of thiophene rings is 1. The third kappa shape index (κ3) is 5.10. The van der Waals surface area contributed by atoms with Gasteiger partial charge in [0.2, 0.25) is 5.91 Å². The minimum Gasteiger partial charge on any atom is -0.332 e. The lowest BCUT2D eigenvalue weighted by atomic mass is 10.1. The van der Waals surface area contributed by atoms with Crippen molar-refractivity contribution in [3.05, 3.63) is 52.2 Å². The lowest BCUT2D eigenvalue weighted by Gasteiger charge is -2.18. The van der Waals surface area contributed by atoms with Crippen LogP contribution in [0.5, 0.6) is 0 Å². The van der Waals surface area contributed by atoms with E-state index < -0.39 is 0 Å². The van der Waals surface area contributed by atoms with Gasteiger partial charge in [-0.25, -0.2) is 4.79 Å². The highest BCUT2D eigenvalue weighted by Gasteiger charge is 2.13. The number of carbonyl (C=O) groups is 2. The van der Waals surface area contributed by atoms with Crippen molar-refractivity contribution in [1.29, 1.82) is 0 Å². The Morgan fingerprint density at radius 1 is 1.04 bits per heavy atom. The Morgan fingerprint density at radius 3 is 2.43 bits per heavy atom. The number of hydrogen-bond acceptors (Lipinski definition) is 3. The number of anilines is 1. The smallest absolute Gasteiger partial charge is 0.315 e. The van der Waals surface area contributed by atoms with Crippen LogP contribution in [0.1, 0.15) is 43.3 Å². The van der Waals surface area contributed by atoms with E-state index >= 15 is 0 Å². The van der Waals surface area contributed by atoms with E-state index in [0.29, 0.717) is 0 Å². The Balaban J connectivity index is 1.94. The number of carbonyl (C=O) groups excluding carboxylic acids is 2. The Bertz CT molecular complexity index is 670. The molecule has 6 heteroatoms. The van der Waals surface area contributed by atoms with Gasteiger partial charge < -0.3 is 16.0 Å². The number of rotatable bonds is 5. The van der Waals surface area contributed by atoms with E-state index in [9.17, 15) is 9.59 Å². The van der Waals surface area contributed by atoms with Gasteiger partial charge in [0.15, 0.2) is 0 Å². The highest BCUT2D eigenvalue weighted by Crippen LogP contribution is 2.19. The average molecular weight is 331 g/mol. The van der Waals surface area contributed by atoms with Gasteiger partial charge in [-0.05, 0) is 43.0 Å². The molecule has 3 amide bonds. The molecule has 0 saturated heterocycles. The minimum atomic E-state index is -0.219. The predicted molar refractivity (Wildman–Crippen MR) is 93.6 cm³/mol. The molecule has 3 N–H and O–H groups in total. The van der Waals surface area contributed by atoms with Crippen LogP contribution in [0.3, 0.4) is 0 Å². The summed E-state index contributed by atoms with van der Waals surface area (Å²) in [5, 5.41) is 10.6. The van der Waals surface area contributed by atoms with E-state index in [1.165, 1.54) is 6.92 Å². The number of urea groups is 1. The van der Waals surface area contributed by atoms with Crippen molar-refractivity contribution in [2.45, 2.75) is 32.9 Å². The number of benzene rings is 1. The predicted octanol–water partition coefficient (Wildman–Crippen LogP) is 3.83. The Morgan fingerprint density at radius 2 is 1.78 bits per heavy atom. The zero-order valence-corrected chi connectivity index (χ0v) is 14.2. The fourth-order valence-electron chi connectivity index (χ4n) is 2.22. The van der Waals surface area contributed by atoms with Crippen molar-refractivity contribution in [3.63, 3.8) is 0 Å². The van der Waals surface area contributed by atoms with Crippen LogP contribution in [-0.4, -0.2) is 11.9 Å². The summed E-state index contributed by atoms with van der Waals surface area (Å²) in [6.07, 6.45) is 0. The Kier molecular flexibility index (Phi) is 5.76. The Labute approximate surface area is 140 Å². The number of nitrogens with one attached hydrogen (secondary N) is 3. The van der Waals surface area contributed by atoms with E-state index in [1.807, 2.05) is 55.6 Å². The molecule has 0 aliphatic heterocycles. The van der Waals surface area contributed by atoms with Crippen LogP contribution in [-0.2, 0) is 4.79 Å². The molecule has 0 fully saturated rings. The lowest BCUT2D eigenvalue weighted by Crippen LogP contribution is -2.38. The van der Waals surface area contributed by atoms with Gasteiger partial charge in [-0.1, -0.05) is 18.2 Å². The second-order valence-corrected chi connectivity index (χ2v) is 6.36. The molecule has 23 heavy (non-hydrogen) atoms. The topological polar surface area (TPSA) is 70.2 Å². The second-order valence-electron chi connectivity index (χ2n) is 5.38. The summed E-state index contributed by atoms with van der Waals surface area (Å²) in [5.74, 6) is -0.120. The fourth-order valence-corrected chi connectivity index (χ4v) is 2.95. The molecule has 1 aromatic carbocycles. The first-order valence-electron chi connectivity index (χ1n) is 7.43. The molecule has 5 nitrogen and oxygen atoms in total. The first-order valence-corrected chi connectivity index (χ1v) is 8.31. The lowest BCUT2D eigenvalue weighted by molar-refractivity contribution is -0.114. The van der Waals surface area contributed by atoms with Gasteiger partial charge in [0, 0.05) is 17.5 Å². The van der Waals surface area contributed by atoms with Crippen molar-refractivity contribution < 1.29 is 9.59 Å². The normalized spacial score (nSPS) is 13.0. The van der Waals surface area contributed by atoms with E-state index in [1.54, 1.807) is 11.3 Å². The van der Waals surface area contributed by atoms with E-state index in [4.69, 9.17) is 0 Å². The number of hydrogen-bond donors (Lipinski definition) is 3. The summed E-state index contributed by atoms with van der Waals surface area (Å²) in [6, 6.07) is 11.0. The standard InChI is InChI=1S/C17H21N3O2S/c1-11(14-6-4-7-15(10-14)20-13(3)21)18-17(22)19-12(2)16-8-5-9-23-16/h4-12H,1-3H3,(H,20,21)(H2,18,19,22)/t11-,12-/m1/s1. The Hall–Kier alpha value is -2.34. The van der Waals surface area contributed by atoms with Crippen molar-refractivity contribution in [2.24, 2.45) is 0 Å². The van der Waals surface area contributed by atoms with Crippen molar-refractivity contribution >= 4 is 29.0 Å². The van der Waals surface area contributed by atoms with E-state index in [2.05, 4.69) is 16.0 Å². The first-order chi connectivity index (χ1) is 11.0. The molecule has 0 aliphatic rings. The largest absolute Gasteiger partial charge is 0.332 e. The third-order valence-electron chi connectivity index (χ3n) is 3.37. The second kappa shape index (κ2) is 7.78. The fraction of sp³-hybridized carbons (Fsp3) is 0.294. The van der Waals surface area contributed by atoms with Gasteiger partial charge in [0.1, 0.15) is 0 Å². The summed E-state index contributed by atoms with van der Waals surface area (Å²) in [6.45, 7) is 5.32. The molecule has 0 radical (unpaired) electrons. The van der Waals surface area contributed by atoms with Crippen molar-refractivity contribution in [1.82, 2.24) is 10.6 Å². The SMILES string of the molecule is CC(=O)Nc1cccc([C@@H](C)NC(=O)N[C@H](C)c2cccs2)c1. The molecule has 0 aliphatic carbocycles. The average Bonchev–Trinajstić information content (AvgIpc) is 3.00. The van der Waals surface area contributed by atoms with Gasteiger partial charge in [0.25, 0.3) is 0 Å². The maximum atomic E-state index is 12.1. The molecule has 2 atom stereocenters. The van der Waals surface area contributed by atoms with E-state index in [-0.39, 0.29) is 24.0 Å². The molecule has 0 unspecified atom stereocenters. The third-order valence-corrected chi connectivity index (χ3v) is 4.43. The van der Waals surface area contributed by atoms with E-state index in [0.717, 1.165) is 16.1 Å². The first kappa shape index (κ1) is 17.0. The molecule has 0 saturated carbocycles. The van der Waals surface area contributed by atoms with Crippen LogP contribution in [0.25, 0.3) is 0 Å². The molecule has 1 aromatic heterocycles. The molecule has 0 bridgehead atoms. The zero-order chi connectivity index (χ0) is 16.8. The highest BCUT2D eigenvalue weighted by atomic mass is 32.1. The molecular weight excluding hydrogens is 310 g/mol. The monoisotopic (exact) mass is 331 g/mol. The maximum absolute atomic E-state index is 12.1. The van der Waals surface area contributed by atoms with Gasteiger partial charge in [0.05, 0.1) is 12.1 Å². The van der Waals surface area contributed by atoms with Gasteiger partial charge in [-0.2, -0.15) is 0 Å². The molecule has 0 spiro atoms. The number of amides is 3. The van der Waals surface area contributed by atoms with Crippen LogP contribution >= 0.6 is 11.3 Å². The summed E-state index contributed by atoms with van der Waals surface area (Å²) in [4.78, 5) is 24.3. The maximum Gasteiger partial charge on any atom is 0.315 e. The minimum absolute atomic E-state index is 0.0343. The van der Waals surface area contributed by atoms with Crippen LogP contribution in [0.4, 0.5) is 10.5 Å².